The van der Waals surface area contributed by atoms with Crippen molar-refractivity contribution in [1.29, 1.82) is 0 Å². The fourth-order valence-corrected chi connectivity index (χ4v) is 3.59. The highest BCUT2D eigenvalue weighted by atomic mass is 32.1. The summed E-state index contributed by atoms with van der Waals surface area (Å²) in [6, 6.07) is 4.53. The van der Waals surface area contributed by atoms with Gasteiger partial charge in [-0.25, -0.2) is 0 Å². The Morgan fingerprint density at radius 2 is 1.95 bits per heavy atom. The van der Waals surface area contributed by atoms with Crippen molar-refractivity contribution in [2.75, 3.05) is 11.4 Å². The minimum Gasteiger partial charge on any atom is -0.423 e. The van der Waals surface area contributed by atoms with E-state index in [1.165, 1.54) is 24.3 Å². The Balaban J connectivity index is 2.07. The van der Waals surface area contributed by atoms with Gasteiger partial charge in [0, 0.05) is 17.4 Å². The molecule has 0 radical (unpaired) electrons. The number of hydrogen-bond donors (Lipinski definition) is 2. The molecule has 1 fully saturated rings. The van der Waals surface area contributed by atoms with E-state index in [0.29, 0.717) is 6.04 Å². The molecule has 0 aromatic carbocycles. The van der Waals surface area contributed by atoms with Crippen LogP contribution >= 0.6 is 11.3 Å². The van der Waals surface area contributed by atoms with Gasteiger partial charge in [-0.3, -0.25) is 0 Å². The molecule has 1 aromatic rings. The van der Waals surface area contributed by atoms with Gasteiger partial charge in [-0.05, 0) is 66.0 Å². The Morgan fingerprint density at radius 1 is 1.27 bits per heavy atom. The molecule has 1 unspecified atom stereocenters. The van der Waals surface area contributed by atoms with Crippen molar-refractivity contribution in [3.05, 3.63) is 12.1 Å². The minimum absolute atomic E-state index is 0.547. The molecule has 4 nitrogen and oxygen atoms in total. The summed E-state index contributed by atoms with van der Waals surface area (Å²) in [5.41, 5.74) is -1.87. The Morgan fingerprint density at radius 3 is 2.55 bits per heavy atom. The van der Waals surface area contributed by atoms with Crippen LogP contribution in [0.2, 0.25) is 0 Å². The molecule has 6 heteroatoms. The molecule has 1 aromatic heterocycles. The van der Waals surface area contributed by atoms with Crippen molar-refractivity contribution in [1.82, 2.24) is 0 Å². The quantitative estimate of drug-likeness (QED) is 0.816. The van der Waals surface area contributed by atoms with Gasteiger partial charge in [0.15, 0.2) is 0 Å². The SMILES string of the molecule is CC1CCCCN1c1ccc(B(O)OC(C)(C)C(C)(C)O)s1. The summed E-state index contributed by atoms with van der Waals surface area (Å²) < 4.78 is 6.50. The molecule has 124 valence electrons. The Bertz CT molecular complexity index is 498. The first kappa shape index (κ1) is 17.8. The summed E-state index contributed by atoms with van der Waals surface area (Å²) in [7, 11) is -1.01. The minimum atomic E-state index is -1.03. The van der Waals surface area contributed by atoms with E-state index in [4.69, 9.17) is 4.65 Å². The van der Waals surface area contributed by atoms with Gasteiger partial charge in [-0.2, -0.15) is 0 Å². The van der Waals surface area contributed by atoms with E-state index in [1.54, 1.807) is 39.0 Å². The van der Waals surface area contributed by atoms with E-state index >= 15 is 0 Å². The third-order valence-corrected chi connectivity index (χ3v) is 5.97. The van der Waals surface area contributed by atoms with Crippen molar-refractivity contribution in [3.63, 3.8) is 0 Å². The van der Waals surface area contributed by atoms with Crippen molar-refractivity contribution < 1.29 is 14.8 Å². The first-order valence-electron chi connectivity index (χ1n) is 8.06. The van der Waals surface area contributed by atoms with Gasteiger partial charge in [-0.15, -0.1) is 11.3 Å². The van der Waals surface area contributed by atoms with Crippen LogP contribution in [-0.2, 0) is 4.65 Å². The molecule has 0 bridgehead atoms. The molecule has 0 amide bonds. The lowest BCUT2D eigenvalue weighted by atomic mass is 9.82. The second-order valence-electron chi connectivity index (χ2n) is 7.25. The number of nitrogens with zero attached hydrogens (tertiary/aromatic N) is 1. The Labute approximate surface area is 138 Å². The summed E-state index contributed by atoms with van der Waals surface area (Å²) in [4.78, 5) is 2.41. The summed E-state index contributed by atoms with van der Waals surface area (Å²) in [5.74, 6) is 0. The van der Waals surface area contributed by atoms with E-state index in [1.807, 2.05) is 6.07 Å². The van der Waals surface area contributed by atoms with Crippen molar-refractivity contribution in [2.24, 2.45) is 0 Å². The lowest BCUT2D eigenvalue weighted by molar-refractivity contribution is -0.0981. The van der Waals surface area contributed by atoms with Crippen LogP contribution in [0, 0.1) is 0 Å². The second kappa shape index (κ2) is 6.52. The Hall–Kier alpha value is -0.555. The molecule has 1 atom stereocenters. The van der Waals surface area contributed by atoms with Gasteiger partial charge < -0.3 is 19.7 Å². The highest BCUT2D eigenvalue weighted by Crippen LogP contribution is 2.29. The summed E-state index contributed by atoms with van der Waals surface area (Å²) >= 11 is 1.57. The van der Waals surface area contributed by atoms with Crippen molar-refractivity contribution in [3.8, 4) is 0 Å². The maximum Gasteiger partial charge on any atom is 0.502 e. The Kier molecular flexibility index (Phi) is 5.27. The maximum absolute atomic E-state index is 10.4. The van der Waals surface area contributed by atoms with Crippen molar-refractivity contribution >= 4 is 28.2 Å². The summed E-state index contributed by atoms with van der Waals surface area (Å²) in [5, 5.41) is 21.7. The maximum atomic E-state index is 10.4. The van der Waals surface area contributed by atoms with Gasteiger partial charge in [0.05, 0.1) is 16.2 Å². The number of hydrogen-bond acceptors (Lipinski definition) is 5. The van der Waals surface area contributed by atoms with E-state index in [0.717, 1.165) is 11.3 Å². The molecule has 2 heterocycles. The molecule has 2 N–H and O–H groups in total. The number of piperidine rings is 1. The van der Waals surface area contributed by atoms with Gasteiger partial charge in [-0.1, -0.05) is 0 Å². The van der Waals surface area contributed by atoms with E-state index in [-0.39, 0.29) is 0 Å². The first-order chi connectivity index (χ1) is 10.1. The molecule has 1 aliphatic heterocycles. The highest BCUT2D eigenvalue weighted by molar-refractivity contribution is 7.25. The molecule has 0 spiro atoms. The first-order valence-corrected chi connectivity index (χ1v) is 8.88. The third-order valence-electron chi connectivity index (χ3n) is 4.82. The average Bonchev–Trinajstić information content (AvgIpc) is 2.87. The molecule has 1 aliphatic rings. The van der Waals surface area contributed by atoms with Crippen molar-refractivity contribution in [2.45, 2.75) is 71.1 Å². The number of aliphatic hydroxyl groups is 1. The molecule has 0 aliphatic carbocycles. The highest BCUT2D eigenvalue weighted by Gasteiger charge is 2.40. The van der Waals surface area contributed by atoms with Gasteiger partial charge in [0.2, 0.25) is 0 Å². The van der Waals surface area contributed by atoms with Crippen LogP contribution in [0.3, 0.4) is 0 Å². The molecule has 2 rings (SSSR count). The summed E-state index contributed by atoms with van der Waals surface area (Å²) in [6.07, 6.45) is 3.74. The van der Waals surface area contributed by atoms with Crippen LogP contribution in [0.4, 0.5) is 5.00 Å². The number of thiophene rings is 1. The average molecular weight is 325 g/mol. The van der Waals surface area contributed by atoms with E-state index in [2.05, 4.69) is 17.9 Å². The summed E-state index contributed by atoms with van der Waals surface area (Å²) in [6.45, 7) is 10.3. The van der Waals surface area contributed by atoms with Crippen LogP contribution in [0.25, 0.3) is 0 Å². The standard InChI is InChI=1S/C16H28BNO3S/c1-12-8-6-7-11-18(12)14-10-9-13(22-14)17(20)21-16(4,5)15(2,3)19/h9-10,12,19-20H,6-8,11H2,1-5H3. The predicted octanol–water partition coefficient (Wildman–Crippen LogP) is 2.38. The number of anilines is 1. The van der Waals surface area contributed by atoms with E-state index in [9.17, 15) is 10.1 Å². The van der Waals surface area contributed by atoms with Crippen LogP contribution in [0.15, 0.2) is 12.1 Å². The normalized spacial score (nSPS) is 20.3. The zero-order valence-electron chi connectivity index (χ0n) is 14.3. The largest absolute Gasteiger partial charge is 0.502 e. The van der Waals surface area contributed by atoms with Crippen LogP contribution in [0.5, 0.6) is 0 Å². The van der Waals surface area contributed by atoms with E-state index < -0.39 is 18.3 Å². The topological polar surface area (TPSA) is 52.9 Å². The second-order valence-corrected chi connectivity index (χ2v) is 8.35. The van der Waals surface area contributed by atoms with Crippen LogP contribution in [0.1, 0.15) is 53.9 Å². The zero-order valence-corrected chi connectivity index (χ0v) is 15.1. The van der Waals surface area contributed by atoms with Crippen LogP contribution < -0.4 is 9.68 Å². The van der Waals surface area contributed by atoms with Crippen LogP contribution in [-0.4, -0.2) is 41.0 Å². The molecular weight excluding hydrogens is 297 g/mol. The lowest BCUT2D eigenvalue weighted by Gasteiger charge is -2.38. The monoisotopic (exact) mass is 325 g/mol. The smallest absolute Gasteiger partial charge is 0.423 e. The molecular formula is C16H28BNO3S. The fourth-order valence-electron chi connectivity index (χ4n) is 2.54. The molecule has 0 saturated carbocycles. The van der Waals surface area contributed by atoms with Gasteiger partial charge >= 0.3 is 7.12 Å². The molecule has 1 saturated heterocycles. The lowest BCUT2D eigenvalue weighted by Crippen LogP contribution is -2.52. The third kappa shape index (κ3) is 3.85. The zero-order chi connectivity index (χ0) is 16.5. The van der Waals surface area contributed by atoms with Gasteiger partial charge in [0.1, 0.15) is 0 Å². The molecule has 22 heavy (non-hydrogen) atoms. The predicted molar refractivity (Wildman–Crippen MR) is 94.0 cm³/mol. The van der Waals surface area contributed by atoms with Gasteiger partial charge in [0.25, 0.3) is 0 Å². The fraction of sp³-hybridized carbons (Fsp3) is 0.750. The number of rotatable bonds is 5.